The number of amides is 1. The normalized spacial score (nSPS) is 11.7. The van der Waals surface area contributed by atoms with E-state index in [0.717, 1.165) is 12.1 Å². The van der Waals surface area contributed by atoms with Gasteiger partial charge in [0.1, 0.15) is 35.2 Å². The van der Waals surface area contributed by atoms with E-state index in [1.807, 2.05) is 0 Å². The minimum Gasteiger partial charge on any atom is -0.487 e. The number of H-pyrrole nitrogens is 1. The highest BCUT2D eigenvalue weighted by Crippen LogP contribution is 2.35. The van der Waals surface area contributed by atoms with E-state index < -0.39 is 27.7 Å². The lowest BCUT2D eigenvalue weighted by Gasteiger charge is -2.15. The van der Waals surface area contributed by atoms with Crippen molar-refractivity contribution < 1.29 is 31.1 Å². The molecular weight excluding hydrogens is 539 g/mol. The highest BCUT2D eigenvalue weighted by Gasteiger charge is 2.30. The molecule has 15 heteroatoms. The van der Waals surface area contributed by atoms with Crippen molar-refractivity contribution in [2.75, 3.05) is 15.8 Å². The summed E-state index contributed by atoms with van der Waals surface area (Å²) in [5.41, 5.74) is 5.78. The van der Waals surface area contributed by atoms with Crippen molar-refractivity contribution in [3.8, 4) is 17.0 Å². The van der Waals surface area contributed by atoms with E-state index in [1.54, 1.807) is 0 Å². The van der Waals surface area contributed by atoms with Crippen LogP contribution >= 0.6 is 0 Å². The molecule has 0 saturated carbocycles. The highest BCUT2D eigenvalue weighted by molar-refractivity contribution is 7.92. The predicted molar refractivity (Wildman–Crippen MR) is 137 cm³/mol. The molecule has 0 saturated heterocycles. The van der Waals surface area contributed by atoms with Gasteiger partial charge in [-0.3, -0.25) is 19.6 Å². The van der Waals surface area contributed by atoms with Crippen LogP contribution in [0.15, 0.2) is 61.1 Å². The fraction of sp³-hybridized carbons (Fsp3) is 0.167. The summed E-state index contributed by atoms with van der Waals surface area (Å²) in [6.07, 6.45) is -0.145. The molecule has 4 aromatic rings. The summed E-state index contributed by atoms with van der Waals surface area (Å²) in [7, 11) is -3.70. The summed E-state index contributed by atoms with van der Waals surface area (Å²) in [4.78, 5) is 20.3. The zero-order valence-corrected chi connectivity index (χ0v) is 21.1. The summed E-state index contributed by atoms with van der Waals surface area (Å²) < 4.78 is 71.3. The molecule has 0 aliphatic carbocycles. The van der Waals surface area contributed by atoms with Crippen molar-refractivity contribution in [3.63, 3.8) is 0 Å². The van der Waals surface area contributed by atoms with Gasteiger partial charge in [0.15, 0.2) is 0 Å². The molecule has 11 nitrogen and oxygen atoms in total. The number of hydrogen-bond acceptors (Lipinski definition) is 8. The van der Waals surface area contributed by atoms with Crippen molar-refractivity contribution in [2.45, 2.75) is 19.7 Å². The third-order valence-corrected chi connectivity index (χ3v) is 6.70. The van der Waals surface area contributed by atoms with Crippen LogP contribution in [-0.2, 0) is 22.8 Å². The highest BCUT2D eigenvalue weighted by atomic mass is 32.2. The minimum absolute atomic E-state index is 0.00349. The second-order valence-corrected chi connectivity index (χ2v) is 10.1. The summed E-state index contributed by atoms with van der Waals surface area (Å²) >= 11 is 0. The molecule has 0 aliphatic heterocycles. The lowest BCUT2D eigenvalue weighted by atomic mass is 10.1. The van der Waals surface area contributed by atoms with Gasteiger partial charge in [-0.25, -0.2) is 13.4 Å². The predicted octanol–water partition coefficient (Wildman–Crippen LogP) is 4.07. The first-order valence-corrected chi connectivity index (χ1v) is 13.0. The smallest absolute Gasteiger partial charge is 0.416 e. The summed E-state index contributed by atoms with van der Waals surface area (Å²) in [6, 6.07) is 8.71. The number of alkyl halides is 3. The van der Waals surface area contributed by atoms with Crippen LogP contribution in [0.1, 0.15) is 28.4 Å². The summed E-state index contributed by atoms with van der Waals surface area (Å²) in [5, 5.41) is 9.74. The molecule has 204 valence electrons. The van der Waals surface area contributed by atoms with Gasteiger partial charge < -0.3 is 15.8 Å². The van der Waals surface area contributed by atoms with Gasteiger partial charge in [-0.1, -0.05) is 18.2 Å². The Morgan fingerprint density at radius 3 is 2.49 bits per heavy atom. The van der Waals surface area contributed by atoms with Crippen LogP contribution in [0.3, 0.4) is 0 Å². The standard InChI is InChI=1S/C24H22F3N7O4S/c1-2-39(36,37)34-17-8-5-15(11-18(17)38-13-14-3-6-16(7-4-14)24(25,26)27)21-20(22(28)35)23(33-32-21)31-19-12-29-9-10-30-19/h3-12,34H,2,13H2,1H3,(H2,28,35)(H2,30,31,32,33). The van der Waals surface area contributed by atoms with Crippen LogP contribution in [0.2, 0.25) is 0 Å². The fourth-order valence-corrected chi connectivity index (χ4v) is 4.09. The van der Waals surface area contributed by atoms with Gasteiger partial charge in [-0.15, -0.1) is 0 Å². The van der Waals surface area contributed by atoms with Crippen molar-refractivity contribution in [1.82, 2.24) is 20.2 Å². The van der Waals surface area contributed by atoms with Crippen LogP contribution in [-0.4, -0.2) is 40.2 Å². The van der Waals surface area contributed by atoms with Gasteiger partial charge in [0.25, 0.3) is 5.91 Å². The Labute approximate surface area is 220 Å². The maximum absolute atomic E-state index is 12.9. The van der Waals surface area contributed by atoms with Crippen LogP contribution in [0.4, 0.5) is 30.5 Å². The number of ether oxygens (including phenoxy) is 1. The van der Waals surface area contributed by atoms with E-state index >= 15 is 0 Å². The number of halogens is 3. The largest absolute Gasteiger partial charge is 0.487 e. The molecule has 1 amide bonds. The van der Waals surface area contributed by atoms with Crippen LogP contribution in [0, 0.1) is 0 Å². The number of nitrogens with zero attached hydrogens (tertiary/aromatic N) is 3. The summed E-state index contributed by atoms with van der Waals surface area (Å²) in [5.74, 6) is -0.504. The molecule has 39 heavy (non-hydrogen) atoms. The number of carbonyl (C=O) groups is 1. The number of carbonyl (C=O) groups excluding carboxylic acids is 1. The Morgan fingerprint density at radius 2 is 1.87 bits per heavy atom. The number of rotatable bonds is 10. The van der Waals surface area contributed by atoms with Crippen molar-refractivity contribution in [3.05, 3.63) is 77.7 Å². The summed E-state index contributed by atoms with van der Waals surface area (Å²) in [6.45, 7) is 1.28. The Hall–Kier alpha value is -4.66. The molecule has 0 unspecified atom stereocenters. The van der Waals surface area contributed by atoms with Gasteiger partial charge in [0, 0.05) is 18.0 Å². The monoisotopic (exact) mass is 561 g/mol. The Bertz CT molecular complexity index is 1580. The molecular formula is C24H22F3N7O4S. The first-order chi connectivity index (χ1) is 18.5. The van der Waals surface area contributed by atoms with Crippen molar-refractivity contribution in [1.29, 1.82) is 0 Å². The first kappa shape index (κ1) is 27.4. The maximum atomic E-state index is 12.9. The van der Waals surface area contributed by atoms with Crippen LogP contribution < -0.4 is 20.5 Å². The van der Waals surface area contributed by atoms with Gasteiger partial charge in [0.05, 0.1) is 23.2 Å². The van der Waals surface area contributed by atoms with E-state index in [2.05, 4.69) is 30.2 Å². The molecule has 0 radical (unpaired) electrons. The molecule has 2 heterocycles. The fourth-order valence-electron chi connectivity index (χ4n) is 3.44. The van der Waals surface area contributed by atoms with Crippen LogP contribution in [0.25, 0.3) is 11.3 Å². The zero-order valence-electron chi connectivity index (χ0n) is 20.3. The van der Waals surface area contributed by atoms with Gasteiger partial charge >= 0.3 is 6.18 Å². The molecule has 2 aromatic carbocycles. The van der Waals surface area contributed by atoms with Gasteiger partial charge in [-0.2, -0.15) is 18.3 Å². The van der Waals surface area contributed by atoms with E-state index in [-0.39, 0.29) is 40.9 Å². The average Bonchev–Trinajstić information content (AvgIpc) is 3.32. The topological polar surface area (TPSA) is 165 Å². The molecule has 0 bridgehead atoms. The number of aromatic nitrogens is 4. The third kappa shape index (κ3) is 6.62. The number of sulfonamides is 1. The molecule has 4 rings (SSSR count). The number of benzene rings is 2. The molecule has 0 fully saturated rings. The second kappa shape index (κ2) is 11.0. The average molecular weight is 562 g/mol. The molecule has 0 atom stereocenters. The Balaban J connectivity index is 1.68. The Morgan fingerprint density at radius 1 is 1.13 bits per heavy atom. The lowest BCUT2D eigenvalue weighted by molar-refractivity contribution is -0.137. The first-order valence-electron chi connectivity index (χ1n) is 11.3. The molecule has 5 N–H and O–H groups in total. The SMILES string of the molecule is CCS(=O)(=O)Nc1ccc(-c2n[nH]c(Nc3cnccn3)c2C(N)=O)cc1OCc1ccc(C(F)(F)F)cc1. The van der Waals surface area contributed by atoms with E-state index in [0.29, 0.717) is 16.9 Å². The zero-order chi connectivity index (χ0) is 28.2. The second-order valence-electron chi connectivity index (χ2n) is 8.10. The minimum atomic E-state index is -4.48. The number of nitrogens with two attached hydrogens (primary N) is 1. The lowest BCUT2D eigenvalue weighted by Crippen LogP contribution is -2.15. The molecule has 0 aliphatic rings. The number of anilines is 3. The number of hydrogen-bond donors (Lipinski definition) is 4. The van der Waals surface area contributed by atoms with E-state index in [1.165, 1.54) is 55.8 Å². The van der Waals surface area contributed by atoms with Gasteiger partial charge in [-0.05, 0) is 36.8 Å². The van der Waals surface area contributed by atoms with E-state index in [9.17, 15) is 26.4 Å². The molecule has 2 aromatic heterocycles. The quantitative estimate of drug-likeness (QED) is 0.225. The third-order valence-electron chi connectivity index (χ3n) is 5.41. The Kier molecular flexibility index (Phi) is 7.71. The van der Waals surface area contributed by atoms with Crippen molar-refractivity contribution in [2.24, 2.45) is 5.73 Å². The number of aromatic amines is 1. The maximum Gasteiger partial charge on any atom is 0.416 e. The van der Waals surface area contributed by atoms with Gasteiger partial charge in [0.2, 0.25) is 10.0 Å². The van der Waals surface area contributed by atoms with E-state index in [4.69, 9.17) is 10.5 Å². The van der Waals surface area contributed by atoms with Crippen molar-refractivity contribution >= 4 is 33.3 Å². The number of primary amides is 1. The molecule has 0 spiro atoms. The van der Waals surface area contributed by atoms with Crippen LogP contribution in [0.5, 0.6) is 5.75 Å². The number of nitrogens with one attached hydrogen (secondary N) is 3.